The summed E-state index contributed by atoms with van der Waals surface area (Å²) in [6, 6.07) is 3.93. The molecule has 0 bridgehead atoms. The predicted molar refractivity (Wildman–Crippen MR) is 214 cm³/mol. The average Bonchev–Trinajstić information content (AvgIpc) is 3.85. The van der Waals surface area contributed by atoms with Crippen molar-refractivity contribution in [1.82, 2.24) is 40.8 Å². The summed E-state index contributed by atoms with van der Waals surface area (Å²) >= 11 is 0. The van der Waals surface area contributed by atoms with E-state index in [4.69, 9.17) is 9.47 Å². The van der Waals surface area contributed by atoms with Crippen molar-refractivity contribution in [2.45, 2.75) is 76.4 Å². The van der Waals surface area contributed by atoms with Gasteiger partial charge in [-0.3, -0.25) is 33.7 Å². The summed E-state index contributed by atoms with van der Waals surface area (Å²) in [5, 5.41) is 46.1. The second-order valence-corrected chi connectivity index (χ2v) is 15.7. The maximum atomic E-state index is 13.7. The van der Waals surface area contributed by atoms with Crippen LogP contribution in [0, 0.1) is 5.92 Å². The number of carbonyl (C=O) groups is 6. The second kappa shape index (κ2) is 19.6. The summed E-state index contributed by atoms with van der Waals surface area (Å²) in [4.78, 5) is 92.2. The van der Waals surface area contributed by atoms with Gasteiger partial charge in [-0.25, -0.2) is 15.0 Å². The molecule has 22 heteroatoms. The number of anilines is 2. The number of hydrogen-bond acceptors (Lipinski definition) is 15. The van der Waals surface area contributed by atoms with Gasteiger partial charge >= 0.3 is 0 Å². The number of amides is 6. The number of fused-ring (bicyclic) bond motifs is 1. The van der Waals surface area contributed by atoms with Crippen molar-refractivity contribution >= 4 is 58.1 Å². The lowest BCUT2D eigenvalue weighted by Crippen LogP contribution is -2.67. The van der Waals surface area contributed by atoms with Gasteiger partial charge in [0.25, 0.3) is 17.7 Å². The second-order valence-electron chi connectivity index (χ2n) is 15.7. The van der Waals surface area contributed by atoms with Crippen LogP contribution >= 0.6 is 0 Å². The van der Waals surface area contributed by atoms with Crippen LogP contribution in [0.25, 0.3) is 11.2 Å². The zero-order valence-corrected chi connectivity index (χ0v) is 33.9. The van der Waals surface area contributed by atoms with Gasteiger partial charge in [-0.15, -0.1) is 0 Å². The van der Waals surface area contributed by atoms with Gasteiger partial charge < -0.3 is 60.8 Å². The molecule has 22 nitrogen and oxygen atoms in total. The lowest BCUT2D eigenvalue weighted by atomic mass is 9.95. The van der Waals surface area contributed by atoms with Crippen molar-refractivity contribution in [3.05, 3.63) is 54.6 Å². The highest BCUT2D eigenvalue weighted by molar-refractivity contribution is 6.13. The number of nitrogens with zero attached hydrogens (tertiary/aromatic N) is 5. The molecule has 0 saturated carbocycles. The summed E-state index contributed by atoms with van der Waals surface area (Å²) in [6.45, 7) is 6.47. The molecule has 9 N–H and O–H groups in total. The molecule has 5 heterocycles. The number of hydrogen-bond donors (Lipinski definition) is 9. The SMILES string of the molecule is CC(C)[C@H](NC(=O)CCN1C(=O)C=CC1=O)C(=O)N[C@@H](C)C(=O)Nc1ccc(C[N+]2(CC(=O)N[C@@H]3[C@@H](O)[C@H](O)[C@@H](Nc4ncnc5nc[nH]c45)O[C@H]3CO)CCOCC2)cc1. The molecule has 7 atom stereocenters. The normalized spacial score (nSPS) is 23.4. The largest absolute Gasteiger partial charge is 0.394 e. The highest BCUT2D eigenvalue weighted by Crippen LogP contribution is 2.26. The molecule has 0 spiro atoms. The molecule has 0 unspecified atom stereocenters. The Labute approximate surface area is 350 Å². The van der Waals surface area contributed by atoms with Crippen LogP contribution in [0.15, 0.2) is 49.1 Å². The number of H-pyrrole nitrogens is 1. The van der Waals surface area contributed by atoms with Crippen molar-refractivity contribution in [2.75, 3.05) is 56.6 Å². The van der Waals surface area contributed by atoms with E-state index in [1.54, 1.807) is 26.0 Å². The van der Waals surface area contributed by atoms with E-state index in [0.29, 0.717) is 54.2 Å². The first kappa shape index (κ1) is 44.6. The number of aromatic nitrogens is 4. The lowest BCUT2D eigenvalue weighted by Gasteiger charge is -2.44. The topological polar surface area (TPSA) is 299 Å². The first-order valence-corrected chi connectivity index (χ1v) is 20.0. The van der Waals surface area contributed by atoms with E-state index in [1.165, 1.54) is 19.6 Å². The minimum atomic E-state index is -1.52. The van der Waals surface area contributed by atoms with Gasteiger partial charge in [-0.2, -0.15) is 0 Å². The van der Waals surface area contributed by atoms with Gasteiger partial charge in [0.2, 0.25) is 17.7 Å². The molecule has 61 heavy (non-hydrogen) atoms. The number of ether oxygens (including phenoxy) is 2. The Hall–Kier alpha value is -5.91. The first-order valence-electron chi connectivity index (χ1n) is 20.0. The van der Waals surface area contributed by atoms with Crippen molar-refractivity contribution in [1.29, 1.82) is 0 Å². The molecule has 3 aliphatic heterocycles. The molecule has 6 amide bonds. The van der Waals surface area contributed by atoms with Crippen LogP contribution in [0.5, 0.6) is 0 Å². The Bertz CT molecular complexity index is 2090. The molecule has 1 aromatic carbocycles. The van der Waals surface area contributed by atoms with Crippen molar-refractivity contribution in [3.63, 3.8) is 0 Å². The number of aliphatic hydroxyl groups excluding tert-OH is 3. The van der Waals surface area contributed by atoms with Gasteiger partial charge in [0.15, 0.2) is 24.2 Å². The van der Waals surface area contributed by atoms with Crippen molar-refractivity contribution in [2.24, 2.45) is 5.92 Å². The van der Waals surface area contributed by atoms with Crippen LogP contribution in [0.3, 0.4) is 0 Å². The van der Waals surface area contributed by atoms with E-state index < -0.39 is 84.7 Å². The van der Waals surface area contributed by atoms with Gasteiger partial charge in [0.05, 0.1) is 32.2 Å². The molecular formula is C39H52N11O11+. The molecule has 6 rings (SSSR count). The Kier molecular flexibility index (Phi) is 14.4. The Balaban J connectivity index is 1.01. The van der Waals surface area contributed by atoms with E-state index in [9.17, 15) is 44.1 Å². The Morgan fingerprint density at radius 2 is 1.64 bits per heavy atom. The quantitative estimate of drug-likeness (QED) is 0.0507. The molecule has 0 aliphatic carbocycles. The highest BCUT2D eigenvalue weighted by Gasteiger charge is 2.46. The lowest BCUT2D eigenvalue weighted by molar-refractivity contribution is -0.940. The fraction of sp³-hybridized carbons (Fsp3) is 0.513. The Morgan fingerprint density at radius 3 is 2.31 bits per heavy atom. The molecule has 2 aromatic heterocycles. The minimum Gasteiger partial charge on any atom is -0.394 e. The standard InChI is InChI=1S/C39H51N11O11/c1-21(2)30(46-26(52)10-11-49-28(54)8-9-29(49)55)38(59)44-22(3)37(58)45-24-6-4-23(5-7-24)16-50(12-14-60-15-13-50)17-27(53)47-31-25(18-51)61-39(34(57)33(31)56)48-36-32-35(41-19-40-32)42-20-43-36/h4-9,19-22,25,30-31,33-34,39,51,56-57H,10-18H2,1-3H3,(H5-,40,41,42,43,44,45,46,47,48,52,53,54,55,58,59)/p+1/t22-,25-,30-,31-,33+,34-,39-/m0/s1. The summed E-state index contributed by atoms with van der Waals surface area (Å²) in [7, 11) is 0. The third-order valence-corrected chi connectivity index (χ3v) is 10.9. The third-order valence-electron chi connectivity index (χ3n) is 10.9. The number of imidazole rings is 1. The number of carbonyl (C=O) groups excluding carboxylic acids is 6. The Morgan fingerprint density at radius 1 is 0.934 bits per heavy atom. The number of morpholine rings is 1. The molecule has 3 aromatic rings. The average molecular weight is 851 g/mol. The van der Waals surface area contributed by atoms with Gasteiger partial charge in [-0.1, -0.05) is 26.0 Å². The van der Waals surface area contributed by atoms with Crippen LogP contribution < -0.4 is 26.6 Å². The molecule has 2 fully saturated rings. The van der Waals surface area contributed by atoms with Crippen LogP contribution in [0.4, 0.5) is 11.5 Å². The summed E-state index contributed by atoms with van der Waals surface area (Å²) in [5.74, 6) is -3.16. The minimum absolute atomic E-state index is 0.00988. The maximum absolute atomic E-state index is 13.7. The number of aromatic amines is 1. The van der Waals surface area contributed by atoms with Crippen LogP contribution in [-0.4, -0.2) is 169 Å². The van der Waals surface area contributed by atoms with E-state index in [0.717, 1.165) is 22.6 Å². The molecule has 328 valence electrons. The van der Waals surface area contributed by atoms with Crippen molar-refractivity contribution in [3.8, 4) is 0 Å². The van der Waals surface area contributed by atoms with E-state index in [-0.39, 0.29) is 31.2 Å². The third kappa shape index (κ3) is 10.9. The highest BCUT2D eigenvalue weighted by atomic mass is 16.5. The van der Waals surface area contributed by atoms with Crippen LogP contribution in [0.1, 0.15) is 32.8 Å². The monoisotopic (exact) mass is 850 g/mol. The van der Waals surface area contributed by atoms with E-state index in [2.05, 4.69) is 46.5 Å². The fourth-order valence-corrected chi connectivity index (χ4v) is 7.41. The molecular weight excluding hydrogens is 798 g/mol. The number of imide groups is 1. The van der Waals surface area contributed by atoms with Gasteiger partial charge in [-0.05, 0) is 25.0 Å². The van der Waals surface area contributed by atoms with Crippen molar-refractivity contribution < 1.29 is 58.0 Å². The summed E-state index contributed by atoms with van der Waals surface area (Å²) < 4.78 is 11.8. The molecule has 0 radical (unpaired) electrons. The summed E-state index contributed by atoms with van der Waals surface area (Å²) in [5.41, 5.74) is 2.13. The number of aliphatic hydroxyl groups is 3. The summed E-state index contributed by atoms with van der Waals surface area (Å²) in [6.07, 6.45) is -0.550. The van der Waals surface area contributed by atoms with E-state index >= 15 is 0 Å². The van der Waals surface area contributed by atoms with Crippen LogP contribution in [-0.2, 0) is 44.8 Å². The number of rotatable bonds is 17. The van der Waals surface area contributed by atoms with E-state index in [1.807, 2.05) is 12.1 Å². The smallest absolute Gasteiger partial charge is 0.275 e. The number of benzene rings is 1. The fourth-order valence-electron chi connectivity index (χ4n) is 7.41. The van der Waals surface area contributed by atoms with Crippen LogP contribution in [0.2, 0.25) is 0 Å². The van der Waals surface area contributed by atoms with Gasteiger partial charge in [0, 0.05) is 36.4 Å². The maximum Gasteiger partial charge on any atom is 0.275 e. The predicted octanol–water partition coefficient (Wildman–Crippen LogP) is -2.37. The number of quaternary nitrogens is 1. The molecule has 2 saturated heterocycles. The number of nitrogens with one attached hydrogen (secondary N) is 6. The van der Waals surface area contributed by atoms with Gasteiger partial charge in [0.1, 0.15) is 61.9 Å². The first-order chi connectivity index (χ1) is 29.2. The zero-order chi connectivity index (χ0) is 43.8. The molecule has 3 aliphatic rings. The zero-order valence-electron chi connectivity index (χ0n) is 33.9.